The molecule has 1 N–H and O–H groups in total. The van der Waals surface area contributed by atoms with E-state index in [0.29, 0.717) is 13.0 Å². The second kappa shape index (κ2) is 7.30. The highest BCUT2D eigenvalue weighted by atomic mass is 16.2. The molecule has 0 heterocycles. The fraction of sp³-hybridized carbons (Fsp3) is 0.846. The van der Waals surface area contributed by atoms with Gasteiger partial charge in [0.1, 0.15) is 0 Å². The molecule has 0 aromatic rings. The Labute approximate surface area is 105 Å². The largest absolute Gasteiger partial charge is 0.356 e. The van der Waals surface area contributed by atoms with Crippen molar-refractivity contribution < 1.29 is 9.59 Å². The lowest BCUT2D eigenvalue weighted by Gasteiger charge is -2.34. The number of hydrogen-bond acceptors (Lipinski definition) is 2. The highest BCUT2D eigenvalue weighted by Gasteiger charge is 2.23. The molecular formula is C13H26N2O2. The molecule has 0 radical (unpaired) electrons. The summed E-state index contributed by atoms with van der Waals surface area (Å²) in [5, 5.41) is 2.85. The van der Waals surface area contributed by atoms with Gasteiger partial charge >= 0.3 is 0 Å². The molecule has 0 saturated heterocycles. The first kappa shape index (κ1) is 15.9. The van der Waals surface area contributed by atoms with Crippen LogP contribution in [-0.2, 0) is 9.59 Å². The summed E-state index contributed by atoms with van der Waals surface area (Å²) in [4.78, 5) is 24.7. The van der Waals surface area contributed by atoms with Gasteiger partial charge in [-0.1, -0.05) is 13.3 Å². The Morgan fingerprint density at radius 1 is 1.24 bits per heavy atom. The third kappa shape index (κ3) is 6.97. The lowest BCUT2D eigenvalue weighted by atomic mass is 10.1. The van der Waals surface area contributed by atoms with E-state index >= 15 is 0 Å². The van der Waals surface area contributed by atoms with E-state index in [4.69, 9.17) is 0 Å². The van der Waals surface area contributed by atoms with Crippen molar-refractivity contribution in [1.82, 2.24) is 10.2 Å². The van der Waals surface area contributed by atoms with Crippen molar-refractivity contribution in [2.24, 2.45) is 0 Å². The van der Waals surface area contributed by atoms with Crippen molar-refractivity contribution >= 4 is 11.8 Å². The molecule has 0 aromatic heterocycles. The Kier molecular flexibility index (Phi) is 6.85. The van der Waals surface area contributed by atoms with Crippen molar-refractivity contribution in [3.63, 3.8) is 0 Å². The van der Waals surface area contributed by atoms with Crippen LogP contribution in [0.2, 0.25) is 0 Å². The maximum atomic E-state index is 11.5. The Bertz CT molecular complexity index is 257. The van der Waals surface area contributed by atoms with Gasteiger partial charge in [0.15, 0.2) is 0 Å². The zero-order valence-corrected chi connectivity index (χ0v) is 11.8. The summed E-state index contributed by atoms with van der Waals surface area (Å²) >= 11 is 0. The molecule has 2 amide bonds. The molecule has 0 fully saturated rings. The van der Waals surface area contributed by atoms with Crippen molar-refractivity contribution in [2.45, 2.75) is 59.4 Å². The van der Waals surface area contributed by atoms with Crippen LogP contribution < -0.4 is 5.32 Å². The van der Waals surface area contributed by atoms with Gasteiger partial charge in [-0.2, -0.15) is 0 Å². The molecule has 0 unspecified atom stereocenters. The summed E-state index contributed by atoms with van der Waals surface area (Å²) in [5.74, 6) is 0.0350. The number of rotatable bonds is 6. The van der Waals surface area contributed by atoms with Crippen LogP contribution in [0.4, 0.5) is 0 Å². The van der Waals surface area contributed by atoms with Gasteiger partial charge in [0, 0.05) is 32.0 Å². The van der Waals surface area contributed by atoms with E-state index in [-0.39, 0.29) is 17.4 Å². The second-order valence-corrected chi connectivity index (χ2v) is 5.29. The van der Waals surface area contributed by atoms with Crippen LogP contribution in [0.25, 0.3) is 0 Å². The number of hydrogen-bond donors (Lipinski definition) is 1. The summed E-state index contributed by atoms with van der Waals surface area (Å²) in [6.45, 7) is 10.8. The van der Waals surface area contributed by atoms with Crippen LogP contribution >= 0.6 is 0 Å². The molecule has 0 rings (SSSR count). The Morgan fingerprint density at radius 3 is 2.24 bits per heavy atom. The van der Waals surface area contributed by atoms with Gasteiger partial charge in [-0.3, -0.25) is 9.59 Å². The zero-order chi connectivity index (χ0) is 13.5. The normalized spacial score (nSPS) is 11.1. The number of nitrogens with zero attached hydrogens (tertiary/aromatic N) is 1. The van der Waals surface area contributed by atoms with Crippen molar-refractivity contribution in [2.75, 3.05) is 13.1 Å². The molecule has 17 heavy (non-hydrogen) atoms. The average molecular weight is 242 g/mol. The van der Waals surface area contributed by atoms with Crippen molar-refractivity contribution in [3.05, 3.63) is 0 Å². The van der Waals surface area contributed by atoms with E-state index in [2.05, 4.69) is 12.2 Å². The van der Waals surface area contributed by atoms with Gasteiger partial charge < -0.3 is 10.2 Å². The van der Waals surface area contributed by atoms with E-state index in [1.165, 1.54) is 0 Å². The summed E-state index contributed by atoms with van der Waals surface area (Å²) in [6.07, 6.45) is 2.45. The Balaban J connectivity index is 4.06. The van der Waals surface area contributed by atoms with Crippen LogP contribution in [0.1, 0.15) is 53.9 Å². The third-order valence-corrected chi connectivity index (χ3v) is 2.60. The Hall–Kier alpha value is -1.06. The highest BCUT2D eigenvalue weighted by molar-refractivity contribution is 5.78. The number of nitrogens with one attached hydrogen (secondary N) is 1. The summed E-state index contributed by atoms with van der Waals surface area (Å²) in [5.41, 5.74) is -0.227. The predicted molar refractivity (Wildman–Crippen MR) is 69.7 cm³/mol. The molecule has 0 aliphatic heterocycles. The molecule has 0 atom stereocenters. The van der Waals surface area contributed by atoms with Crippen molar-refractivity contribution in [1.29, 1.82) is 0 Å². The van der Waals surface area contributed by atoms with E-state index in [1.807, 2.05) is 20.8 Å². The van der Waals surface area contributed by atoms with Gasteiger partial charge in [0.2, 0.25) is 11.8 Å². The van der Waals surface area contributed by atoms with Crippen LogP contribution in [0.15, 0.2) is 0 Å². The minimum atomic E-state index is -0.227. The van der Waals surface area contributed by atoms with E-state index in [9.17, 15) is 9.59 Å². The molecule has 0 bridgehead atoms. The number of unbranched alkanes of at least 4 members (excludes halogenated alkanes) is 1. The first-order valence-electron chi connectivity index (χ1n) is 6.34. The van der Waals surface area contributed by atoms with Gasteiger partial charge in [0.05, 0.1) is 0 Å². The van der Waals surface area contributed by atoms with E-state index in [0.717, 1.165) is 19.4 Å². The average Bonchev–Trinajstić information content (AvgIpc) is 2.15. The zero-order valence-electron chi connectivity index (χ0n) is 11.8. The highest BCUT2D eigenvalue weighted by Crippen LogP contribution is 2.13. The van der Waals surface area contributed by atoms with Gasteiger partial charge in [-0.25, -0.2) is 0 Å². The number of amides is 2. The quantitative estimate of drug-likeness (QED) is 0.724. The van der Waals surface area contributed by atoms with Crippen LogP contribution in [0.5, 0.6) is 0 Å². The van der Waals surface area contributed by atoms with Gasteiger partial charge in [-0.05, 0) is 27.2 Å². The SMILES string of the molecule is CCCCNC(=O)CCN(C(C)=O)C(C)(C)C. The first-order valence-corrected chi connectivity index (χ1v) is 6.34. The molecular weight excluding hydrogens is 216 g/mol. The van der Waals surface area contributed by atoms with E-state index < -0.39 is 0 Å². The van der Waals surface area contributed by atoms with Gasteiger partial charge in [-0.15, -0.1) is 0 Å². The van der Waals surface area contributed by atoms with Crippen LogP contribution in [-0.4, -0.2) is 35.3 Å². The lowest BCUT2D eigenvalue weighted by Crippen LogP contribution is -2.46. The molecule has 0 aliphatic carbocycles. The number of carbonyl (C=O) groups excluding carboxylic acids is 2. The minimum absolute atomic E-state index is 0.0128. The first-order chi connectivity index (χ1) is 7.79. The molecule has 4 heteroatoms. The maximum absolute atomic E-state index is 11.5. The Morgan fingerprint density at radius 2 is 1.82 bits per heavy atom. The van der Waals surface area contributed by atoms with E-state index in [1.54, 1.807) is 11.8 Å². The maximum Gasteiger partial charge on any atom is 0.221 e. The van der Waals surface area contributed by atoms with Crippen LogP contribution in [0, 0.1) is 0 Å². The summed E-state index contributed by atoms with van der Waals surface area (Å²) in [7, 11) is 0. The fourth-order valence-corrected chi connectivity index (χ4v) is 1.67. The topological polar surface area (TPSA) is 49.4 Å². The third-order valence-electron chi connectivity index (χ3n) is 2.60. The standard InChI is InChI=1S/C13H26N2O2/c1-6-7-9-14-12(17)8-10-15(11(2)16)13(3,4)5/h6-10H2,1-5H3,(H,14,17). The van der Waals surface area contributed by atoms with Crippen molar-refractivity contribution in [3.8, 4) is 0 Å². The molecule has 0 spiro atoms. The predicted octanol–water partition coefficient (Wildman–Crippen LogP) is 1.94. The molecule has 0 saturated carbocycles. The lowest BCUT2D eigenvalue weighted by molar-refractivity contribution is -0.134. The molecule has 100 valence electrons. The number of carbonyl (C=O) groups is 2. The smallest absolute Gasteiger partial charge is 0.221 e. The monoisotopic (exact) mass is 242 g/mol. The molecule has 0 aliphatic rings. The minimum Gasteiger partial charge on any atom is -0.356 e. The summed E-state index contributed by atoms with van der Waals surface area (Å²) < 4.78 is 0. The van der Waals surface area contributed by atoms with Crippen LogP contribution in [0.3, 0.4) is 0 Å². The molecule has 0 aromatic carbocycles. The van der Waals surface area contributed by atoms with Gasteiger partial charge in [0.25, 0.3) is 0 Å². The molecule has 4 nitrogen and oxygen atoms in total. The fourth-order valence-electron chi connectivity index (χ4n) is 1.67. The summed E-state index contributed by atoms with van der Waals surface area (Å²) in [6, 6.07) is 0. The second-order valence-electron chi connectivity index (χ2n) is 5.29.